The summed E-state index contributed by atoms with van der Waals surface area (Å²) in [5.74, 6) is -1.31. The summed E-state index contributed by atoms with van der Waals surface area (Å²) in [4.78, 5) is 37.9. The molecule has 0 aliphatic carbocycles. The smallest absolute Gasteiger partial charge is 0.338 e. The monoisotopic (exact) mass is 436 g/mol. The first-order valence-electron chi connectivity index (χ1n) is 9.79. The third-order valence-electron chi connectivity index (χ3n) is 4.68. The predicted octanol–water partition coefficient (Wildman–Crippen LogP) is 5.11. The van der Waals surface area contributed by atoms with Crippen LogP contribution < -0.4 is 10.6 Å². The van der Waals surface area contributed by atoms with Gasteiger partial charge in [-0.1, -0.05) is 29.8 Å². The van der Waals surface area contributed by atoms with Gasteiger partial charge in [-0.05, 0) is 68.5 Å². The average Bonchev–Trinajstić information content (AvgIpc) is 3.25. The minimum absolute atomic E-state index is 0.242. The number of aryl methyl sites for hydroxylation is 3. The Morgan fingerprint density at radius 3 is 2.29 bits per heavy atom. The summed E-state index contributed by atoms with van der Waals surface area (Å²) in [7, 11) is 0. The Kier molecular flexibility index (Phi) is 6.87. The molecule has 0 fully saturated rings. The zero-order chi connectivity index (χ0) is 22.5. The standard InChI is InChI=1S/C24H24N2O4S/c1-14-11-15(2)21(16(3)12-14)26-22(27)17(4)30-24(29)18-7-5-8-19(13-18)25-23(28)20-9-6-10-31-20/h5-13,17H,1-4H3,(H,25,28)(H,26,27). The Bertz CT molecular complexity index is 1100. The maximum atomic E-state index is 12.6. The summed E-state index contributed by atoms with van der Waals surface area (Å²) >= 11 is 1.33. The van der Waals surface area contributed by atoms with Gasteiger partial charge in [-0.15, -0.1) is 11.3 Å². The minimum atomic E-state index is -0.989. The molecule has 0 saturated heterocycles. The zero-order valence-electron chi connectivity index (χ0n) is 17.8. The third-order valence-corrected chi connectivity index (χ3v) is 5.55. The molecule has 0 aliphatic heterocycles. The van der Waals surface area contributed by atoms with Crippen LogP contribution in [0.25, 0.3) is 0 Å². The van der Waals surface area contributed by atoms with Crippen LogP contribution in [0.2, 0.25) is 0 Å². The van der Waals surface area contributed by atoms with Crippen molar-refractivity contribution < 1.29 is 19.1 Å². The van der Waals surface area contributed by atoms with Gasteiger partial charge in [0.1, 0.15) is 0 Å². The van der Waals surface area contributed by atoms with Crippen LogP contribution in [0.5, 0.6) is 0 Å². The number of carbonyl (C=O) groups is 3. The Balaban J connectivity index is 1.64. The lowest BCUT2D eigenvalue weighted by molar-refractivity contribution is -0.123. The van der Waals surface area contributed by atoms with E-state index >= 15 is 0 Å². The van der Waals surface area contributed by atoms with Crippen molar-refractivity contribution in [2.75, 3.05) is 10.6 Å². The first kappa shape index (κ1) is 22.2. The molecule has 1 aromatic heterocycles. The highest BCUT2D eigenvalue weighted by molar-refractivity contribution is 7.12. The molecule has 2 aromatic carbocycles. The van der Waals surface area contributed by atoms with Gasteiger partial charge in [0.15, 0.2) is 6.10 Å². The van der Waals surface area contributed by atoms with Crippen molar-refractivity contribution >= 4 is 40.5 Å². The molecule has 160 valence electrons. The molecule has 0 radical (unpaired) electrons. The molecule has 3 rings (SSSR count). The normalized spacial score (nSPS) is 11.5. The molecule has 7 heteroatoms. The van der Waals surface area contributed by atoms with E-state index in [-0.39, 0.29) is 11.5 Å². The Labute approximate surface area is 185 Å². The van der Waals surface area contributed by atoms with Crippen LogP contribution in [0.1, 0.15) is 43.6 Å². The summed E-state index contributed by atoms with van der Waals surface area (Å²) in [6.45, 7) is 7.35. The van der Waals surface area contributed by atoms with E-state index < -0.39 is 18.0 Å². The van der Waals surface area contributed by atoms with Crippen molar-refractivity contribution in [3.8, 4) is 0 Å². The molecule has 2 N–H and O–H groups in total. The third kappa shape index (κ3) is 5.58. The molecule has 31 heavy (non-hydrogen) atoms. The van der Waals surface area contributed by atoms with Gasteiger partial charge in [0, 0.05) is 11.4 Å². The molecule has 0 aliphatic rings. The number of ether oxygens (including phenoxy) is 1. The van der Waals surface area contributed by atoms with Crippen molar-refractivity contribution in [2.45, 2.75) is 33.8 Å². The molecule has 1 heterocycles. The molecule has 1 unspecified atom stereocenters. The van der Waals surface area contributed by atoms with Crippen LogP contribution in [0.15, 0.2) is 53.9 Å². The van der Waals surface area contributed by atoms with E-state index in [2.05, 4.69) is 10.6 Å². The number of anilines is 2. The van der Waals surface area contributed by atoms with Gasteiger partial charge < -0.3 is 15.4 Å². The van der Waals surface area contributed by atoms with Crippen LogP contribution in [-0.4, -0.2) is 23.9 Å². The van der Waals surface area contributed by atoms with E-state index in [0.29, 0.717) is 10.6 Å². The lowest BCUT2D eigenvalue weighted by Crippen LogP contribution is -2.30. The lowest BCUT2D eigenvalue weighted by atomic mass is 10.0. The molecular weight excluding hydrogens is 412 g/mol. The summed E-state index contributed by atoms with van der Waals surface area (Å²) in [6, 6.07) is 13.9. The van der Waals surface area contributed by atoms with Gasteiger partial charge in [0.2, 0.25) is 0 Å². The summed E-state index contributed by atoms with van der Waals surface area (Å²) in [5, 5.41) is 7.41. The second kappa shape index (κ2) is 9.57. The average molecular weight is 437 g/mol. The van der Waals surface area contributed by atoms with Crippen LogP contribution in [0, 0.1) is 20.8 Å². The number of amides is 2. The maximum absolute atomic E-state index is 12.6. The topological polar surface area (TPSA) is 84.5 Å². The second-order valence-corrected chi connectivity index (χ2v) is 8.27. The Hall–Kier alpha value is -3.45. The summed E-state index contributed by atoms with van der Waals surface area (Å²) in [5.41, 5.74) is 4.43. The fraction of sp³-hybridized carbons (Fsp3) is 0.208. The molecule has 1 atom stereocenters. The van der Waals surface area contributed by atoms with Crippen molar-refractivity contribution in [3.05, 3.63) is 81.0 Å². The number of carbonyl (C=O) groups excluding carboxylic acids is 3. The number of hydrogen-bond donors (Lipinski definition) is 2. The minimum Gasteiger partial charge on any atom is -0.449 e. The van der Waals surface area contributed by atoms with E-state index in [1.807, 2.05) is 38.3 Å². The quantitative estimate of drug-likeness (QED) is 0.526. The van der Waals surface area contributed by atoms with Gasteiger partial charge >= 0.3 is 5.97 Å². The number of hydrogen-bond acceptors (Lipinski definition) is 5. The largest absolute Gasteiger partial charge is 0.449 e. The van der Waals surface area contributed by atoms with Gasteiger partial charge in [-0.3, -0.25) is 9.59 Å². The zero-order valence-corrected chi connectivity index (χ0v) is 18.6. The molecular formula is C24H24N2O4S. The van der Waals surface area contributed by atoms with E-state index in [1.165, 1.54) is 24.3 Å². The Morgan fingerprint density at radius 2 is 1.65 bits per heavy atom. The lowest BCUT2D eigenvalue weighted by Gasteiger charge is -2.17. The van der Waals surface area contributed by atoms with Crippen molar-refractivity contribution in [1.82, 2.24) is 0 Å². The van der Waals surface area contributed by atoms with Crippen molar-refractivity contribution in [3.63, 3.8) is 0 Å². The number of benzene rings is 2. The maximum Gasteiger partial charge on any atom is 0.338 e. The van der Waals surface area contributed by atoms with Crippen molar-refractivity contribution in [1.29, 1.82) is 0 Å². The van der Waals surface area contributed by atoms with Crippen LogP contribution in [-0.2, 0) is 9.53 Å². The number of rotatable bonds is 6. The number of esters is 1. The van der Waals surface area contributed by atoms with Crippen molar-refractivity contribution in [2.24, 2.45) is 0 Å². The molecule has 6 nitrogen and oxygen atoms in total. The molecule has 2 amide bonds. The van der Waals surface area contributed by atoms with Crippen LogP contribution >= 0.6 is 11.3 Å². The van der Waals surface area contributed by atoms with E-state index in [4.69, 9.17) is 4.74 Å². The highest BCUT2D eigenvalue weighted by Gasteiger charge is 2.21. The number of nitrogens with one attached hydrogen (secondary N) is 2. The van der Waals surface area contributed by atoms with Gasteiger partial charge in [-0.2, -0.15) is 0 Å². The molecule has 0 spiro atoms. The van der Waals surface area contributed by atoms with E-state index in [9.17, 15) is 14.4 Å². The highest BCUT2D eigenvalue weighted by Crippen LogP contribution is 2.22. The fourth-order valence-corrected chi connectivity index (χ4v) is 3.83. The highest BCUT2D eigenvalue weighted by atomic mass is 32.1. The second-order valence-electron chi connectivity index (χ2n) is 7.32. The van der Waals surface area contributed by atoms with E-state index in [0.717, 1.165) is 22.4 Å². The summed E-state index contributed by atoms with van der Waals surface area (Å²) < 4.78 is 5.34. The molecule has 0 saturated carbocycles. The van der Waals surface area contributed by atoms with Gasteiger partial charge in [0.05, 0.1) is 10.4 Å². The first-order valence-corrected chi connectivity index (χ1v) is 10.7. The fourth-order valence-electron chi connectivity index (χ4n) is 3.21. The molecule has 3 aromatic rings. The number of thiophene rings is 1. The molecule has 0 bridgehead atoms. The summed E-state index contributed by atoms with van der Waals surface area (Å²) in [6.07, 6.45) is -0.989. The SMILES string of the molecule is Cc1cc(C)c(NC(=O)C(C)OC(=O)c2cccc(NC(=O)c3cccs3)c2)c(C)c1. The van der Waals surface area contributed by atoms with E-state index in [1.54, 1.807) is 30.3 Å². The first-order chi connectivity index (χ1) is 14.7. The van der Waals surface area contributed by atoms with Gasteiger partial charge in [0.25, 0.3) is 11.8 Å². The predicted molar refractivity (Wildman–Crippen MR) is 123 cm³/mol. The van der Waals surface area contributed by atoms with Gasteiger partial charge in [-0.25, -0.2) is 4.79 Å². The Morgan fingerprint density at radius 1 is 0.935 bits per heavy atom. The van der Waals surface area contributed by atoms with Crippen LogP contribution in [0.3, 0.4) is 0 Å². The van der Waals surface area contributed by atoms with Crippen LogP contribution in [0.4, 0.5) is 11.4 Å².